The molecule has 2 rings (SSSR count). The van der Waals surface area contributed by atoms with Gasteiger partial charge in [-0.2, -0.15) is 4.98 Å². The van der Waals surface area contributed by atoms with Crippen molar-refractivity contribution >= 4 is 0 Å². The average molecular weight is 197 g/mol. The van der Waals surface area contributed by atoms with Crippen LogP contribution in [0.4, 0.5) is 0 Å². The highest BCUT2D eigenvalue weighted by Gasteiger charge is 2.39. The van der Waals surface area contributed by atoms with Gasteiger partial charge in [0.15, 0.2) is 5.82 Å². The van der Waals surface area contributed by atoms with E-state index in [1.165, 1.54) is 6.39 Å². The Morgan fingerprint density at radius 2 is 2.07 bits per heavy atom. The minimum Gasteiger partial charge on any atom is -0.375 e. The lowest BCUT2D eigenvalue weighted by Crippen LogP contribution is -2.48. The van der Waals surface area contributed by atoms with Gasteiger partial charge in [0, 0.05) is 0 Å². The molecule has 0 amide bonds. The maximum absolute atomic E-state index is 6.24. The number of hydrogen-bond acceptors (Lipinski definition) is 5. The molecule has 1 aromatic rings. The van der Waals surface area contributed by atoms with E-state index >= 15 is 0 Å². The van der Waals surface area contributed by atoms with Crippen molar-refractivity contribution in [2.24, 2.45) is 5.73 Å². The largest absolute Gasteiger partial charge is 0.375 e. The van der Waals surface area contributed by atoms with E-state index in [-0.39, 0.29) is 12.2 Å². The molecule has 0 radical (unpaired) electrons. The first-order chi connectivity index (χ1) is 6.60. The van der Waals surface area contributed by atoms with E-state index in [2.05, 4.69) is 10.1 Å². The molecule has 78 valence electrons. The summed E-state index contributed by atoms with van der Waals surface area (Å²) in [6.07, 6.45) is 3.06. The Morgan fingerprint density at radius 3 is 2.57 bits per heavy atom. The lowest BCUT2D eigenvalue weighted by atomic mass is 9.84. The molecule has 2 unspecified atom stereocenters. The SMILES string of the molecule is CC1CC(N)(c2ncon2)CC(C)O1. The molecular formula is C9H15N3O2. The Bertz CT molecular complexity index is 289. The molecule has 2 atom stereocenters. The van der Waals surface area contributed by atoms with E-state index in [1.807, 2.05) is 13.8 Å². The third kappa shape index (κ3) is 1.65. The highest BCUT2D eigenvalue weighted by atomic mass is 16.5. The first-order valence-electron chi connectivity index (χ1n) is 4.81. The summed E-state index contributed by atoms with van der Waals surface area (Å²) in [7, 11) is 0. The van der Waals surface area contributed by atoms with Crippen LogP contribution in [0.5, 0.6) is 0 Å². The molecule has 2 heterocycles. The van der Waals surface area contributed by atoms with Crippen LogP contribution in [0.25, 0.3) is 0 Å². The van der Waals surface area contributed by atoms with Crippen molar-refractivity contribution in [3.63, 3.8) is 0 Å². The van der Waals surface area contributed by atoms with E-state index in [0.717, 1.165) is 12.8 Å². The van der Waals surface area contributed by atoms with Crippen molar-refractivity contribution < 1.29 is 9.26 Å². The summed E-state index contributed by atoms with van der Waals surface area (Å²) in [4.78, 5) is 4.02. The Balaban J connectivity index is 2.22. The van der Waals surface area contributed by atoms with Gasteiger partial charge >= 0.3 is 0 Å². The van der Waals surface area contributed by atoms with Gasteiger partial charge < -0.3 is 15.0 Å². The van der Waals surface area contributed by atoms with Gasteiger partial charge in [-0.3, -0.25) is 0 Å². The van der Waals surface area contributed by atoms with E-state index in [0.29, 0.717) is 5.82 Å². The Hall–Kier alpha value is -0.940. The predicted molar refractivity (Wildman–Crippen MR) is 49.4 cm³/mol. The van der Waals surface area contributed by atoms with E-state index < -0.39 is 5.54 Å². The standard InChI is InChI=1S/C9H15N3O2/c1-6-3-9(10,4-7(2)14-6)8-11-5-13-12-8/h5-7H,3-4,10H2,1-2H3. The maximum atomic E-state index is 6.24. The normalized spacial score (nSPS) is 38.5. The van der Waals surface area contributed by atoms with Crippen molar-refractivity contribution in [1.82, 2.24) is 10.1 Å². The minimum atomic E-state index is -0.496. The first kappa shape index (κ1) is 9.61. The summed E-state index contributed by atoms with van der Waals surface area (Å²) in [5, 5.41) is 3.81. The van der Waals surface area contributed by atoms with E-state index in [9.17, 15) is 0 Å². The second-order valence-corrected chi connectivity index (χ2v) is 4.08. The van der Waals surface area contributed by atoms with Gasteiger partial charge in [0.2, 0.25) is 6.39 Å². The predicted octanol–water partition coefficient (Wildman–Crippen LogP) is 0.811. The Kier molecular flexibility index (Phi) is 2.28. The van der Waals surface area contributed by atoms with Crippen molar-refractivity contribution in [2.45, 2.75) is 44.4 Å². The lowest BCUT2D eigenvalue weighted by Gasteiger charge is -2.37. The molecule has 1 aliphatic heterocycles. The minimum absolute atomic E-state index is 0.141. The molecule has 1 aromatic heterocycles. The van der Waals surface area contributed by atoms with Gasteiger partial charge in [-0.25, -0.2) is 0 Å². The summed E-state index contributed by atoms with van der Waals surface area (Å²) in [5.74, 6) is 0.583. The Labute approximate surface area is 82.6 Å². The van der Waals surface area contributed by atoms with Crippen molar-refractivity contribution in [1.29, 1.82) is 0 Å². The molecule has 0 aliphatic carbocycles. The molecule has 1 fully saturated rings. The third-order valence-electron chi connectivity index (χ3n) is 2.57. The number of ether oxygens (including phenoxy) is 1. The van der Waals surface area contributed by atoms with Crippen molar-refractivity contribution in [2.75, 3.05) is 0 Å². The molecule has 5 heteroatoms. The molecule has 1 aliphatic rings. The number of nitrogens with zero attached hydrogens (tertiary/aromatic N) is 2. The molecule has 0 saturated carbocycles. The van der Waals surface area contributed by atoms with Crippen LogP contribution < -0.4 is 5.73 Å². The highest BCUT2D eigenvalue weighted by Crippen LogP contribution is 2.33. The molecule has 5 nitrogen and oxygen atoms in total. The molecule has 2 N–H and O–H groups in total. The molecular weight excluding hydrogens is 182 g/mol. The molecule has 0 bridgehead atoms. The number of aromatic nitrogens is 2. The highest BCUT2D eigenvalue weighted by molar-refractivity contribution is 5.05. The van der Waals surface area contributed by atoms with Gasteiger partial charge in [0.25, 0.3) is 0 Å². The first-order valence-corrected chi connectivity index (χ1v) is 4.81. The van der Waals surface area contributed by atoms with Crippen molar-refractivity contribution in [3.8, 4) is 0 Å². The van der Waals surface area contributed by atoms with E-state index in [4.69, 9.17) is 15.0 Å². The topological polar surface area (TPSA) is 74.2 Å². The smallest absolute Gasteiger partial charge is 0.213 e. The Morgan fingerprint density at radius 1 is 1.43 bits per heavy atom. The average Bonchev–Trinajstić information content (AvgIpc) is 2.52. The zero-order valence-corrected chi connectivity index (χ0v) is 8.43. The van der Waals surface area contributed by atoms with Crippen LogP contribution in [-0.2, 0) is 10.3 Å². The van der Waals surface area contributed by atoms with Gasteiger partial charge in [-0.15, -0.1) is 0 Å². The fourth-order valence-corrected chi connectivity index (χ4v) is 2.17. The number of nitrogens with two attached hydrogens (primary N) is 1. The third-order valence-corrected chi connectivity index (χ3v) is 2.57. The fourth-order valence-electron chi connectivity index (χ4n) is 2.17. The molecule has 0 spiro atoms. The summed E-state index contributed by atoms with van der Waals surface area (Å²) >= 11 is 0. The van der Waals surface area contributed by atoms with Crippen LogP contribution >= 0.6 is 0 Å². The monoisotopic (exact) mass is 197 g/mol. The zero-order chi connectivity index (χ0) is 10.2. The molecule has 1 saturated heterocycles. The van der Waals surface area contributed by atoms with Gasteiger partial charge in [-0.05, 0) is 26.7 Å². The summed E-state index contributed by atoms with van der Waals surface area (Å²) in [6.45, 7) is 4.02. The molecule has 14 heavy (non-hydrogen) atoms. The summed E-state index contributed by atoms with van der Waals surface area (Å²) in [6, 6.07) is 0. The van der Waals surface area contributed by atoms with Crippen LogP contribution in [0.3, 0.4) is 0 Å². The van der Waals surface area contributed by atoms with E-state index in [1.54, 1.807) is 0 Å². The second-order valence-electron chi connectivity index (χ2n) is 4.08. The summed E-state index contributed by atoms with van der Waals surface area (Å²) < 4.78 is 10.3. The zero-order valence-electron chi connectivity index (χ0n) is 8.43. The van der Waals surface area contributed by atoms with Crippen LogP contribution in [0.1, 0.15) is 32.5 Å². The number of hydrogen-bond donors (Lipinski definition) is 1. The maximum Gasteiger partial charge on any atom is 0.213 e. The van der Waals surface area contributed by atoms with Crippen LogP contribution in [-0.4, -0.2) is 22.3 Å². The molecule has 0 aromatic carbocycles. The van der Waals surface area contributed by atoms with Crippen LogP contribution in [0, 0.1) is 0 Å². The summed E-state index contributed by atoms with van der Waals surface area (Å²) in [5.41, 5.74) is 5.74. The fraction of sp³-hybridized carbons (Fsp3) is 0.778. The van der Waals surface area contributed by atoms with Crippen LogP contribution in [0.15, 0.2) is 10.9 Å². The lowest BCUT2D eigenvalue weighted by molar-refractivity contribution is -0.0640. The van der Waals surface area contributed by atoms with Gasteiger partial charge in [0.05, 0.1) is 17.7 Å². The van der Waals surface area contributed by atoms with Crippen LogP contribution in [0.2, 0.25) is 0 Å². The van der Waals surface area contributed by atoms with Gasteiger partial charge in [-0.1, -0.05) is 5.16 Å². The number of rotatable bonds is 1. The second kappa shape index (κ2) is 3.33. The van der Waals surface area contributed by atoms with Gasteiger partial charge in [0.1, 0.15) is 0 Å². The van der Waals surface area contributed by atoms with Crippen molar-refractivity contribution in [3.05, 3.63) is 12.2 Å². The quantitative estimate of drug-likeness (QED) is 0.721.